The predicted molar refractivity (Wildman–Crippen MR) is 232 cm³/mol. The van der Waals surface area contributed by atoms with Crippen molar-refractivity contribution in [1.82, 2.24) is 9.13 Å². The second-order valence-electron chi connectivity index (χ2n) is 15.0. The molecule has 0 fully saturated rings. The largest absolute Gasteiger partial charge is 0.309 e. The van der Waals surface area contributed by atoms with Gasteiger partial charge in [0.15, 0.2) is 0 Å². The summed E-state index contributed by atoms with van der Waals surface area (Å²) in [4.78, 5) is 0. The van der Waals surface area contributed by atoms with E-state index in [9.17, 15) is 0 Å². The van der Waals surface area contributed by atoms with E-state index < -0.39 is 5.41 Å². The van der Waals surface area contributed by atoms with Gasteiger partial charge < -0.3 is 9.13 Å². The Bertz CT molecular complexity index is 2980. The first-order chi connectivity index (χ1) is 27.2. The van der Waals surface area contributed by atoms with Crippen LogP contribution in [0.2, 0.25) is 0 Å². The van der Waals surface area contributed by atoms with Gasteiger partial charge in [-0.3, -0.25) is 0 Å². The van der Waals surface area contributed by atoms with Crippen molar-refractivity contribution < 1.29 is 0 Å². The molecule has 2 nitrogen and oxygen atoms in total. The minimum absolute atomic E-state index is 0.586. The summed E-state index contributed by atoms with van der Waals surface area (Å²) in [5.41, 5.74) is 19.0. The number of nitrogens with zero attached hydrogens (tertiary/aromatic N) is 2. The predicted octanol–water partition coefficient (Wildman–Crippen LogP) is 13.5. The van der Waals surface area contributed by atoms with E-state index in [1.54, 1.807) is 0 Å². The quantitative estimate of drug-likeness (QED) is 0.173. The van der Waals surface area contributed by atoms with Crippen molar-refractivity contribution >= 4 is 55.8 Å². The molecule has 12 rings (SSSR count). The van der Waals surface area contributed by atoms with E-state index in [4.69, 9.17) is 0 Å². The van der Waals surface area contributed by atoms with Crippen LogP contribution >= 0.6 is 0 Å². The third kappa shape index (κ3) is 3.83. The monoisotopic (exact) mass is 698 g/mol. The van der Waals surface area contributed by atoms with Gasteiger partial charge in [-0.2, -0.15) is 0 Å². The van der Waals surface area contributed by atoms with Gasteiger partial charge in [-0.05, 0) is 116 Å². The lowest BCUT2D eigenvalue weighted by Crippen LogP contribution is -2.26. The summed E-state index contributed by atoms with van der Waals surface area (Å²) in [7, 11) is 0. The fourth-order valence-corrected chi connectivity index (χ4v) is 10.2. The number of aromatic nitrogens is 2. The van der Waals surface area contributed by atoms with Gasteiger partial charge in [0.05, 0.1) is 27.5 Å². The topological polar surface area (TPSA) is 9.86 Å². The summed E-state index contributed by atoms with van der Waals surface area (Å²) in [6.07, 6.45) is 3.96. The molecule has 0 saturated carbocycles. The number of fused-ring (bicyclic) bond motifs is 16. The molecule has 2 heteroatoms. The van der Waals surface area contributed by atoms with Crippen LogP contribution in [-0.2, 0) is 5.41 Å². The van der Waals surface area contributed by atoms with Gasteiger partial charge >= 0.3 is 0 Å². The second kappa shape index (κ2) is 10.9. The fraction of sp³-hybridized carbons (Fsp3) is 0.0189. The molecule has 0 unspecified atom stereocenters. The summed E-state index contributed by atoms with van der Waals surface area (Å²) in [5, 5.41) is 5.04. The lowest BCUT2D eigenvalue weighted by molar-refractivity contribution is 0.791. The van der Waals surface area contributed by atoms with E-state index in [0.717, 1.165) is 22.5 Å². The van der Waals surface area contributed by atoms with Crippen molar-refractivity contribution in [2.24, 2.45) is 0 Å². The molecule has 55 heavy (non-hydrogen) atoms. The van der Waals surface area contributed by atoms with E-state index in [-0.39, 0.29) is 0 Å². The van der Waals surface area contributed by atoms with Gasteiger partial charge in [-0.1, -0.05) is 135 Å². The summed E-state index contributed by atoms with van der Waals surface area (Å²) in [5.74, 6) is 0. The minimum atomic E-state index is -0.586. The number of hydrogen-bond donors (Lipinski definition) is 0. The third-order valence-electron chi connectivity index (χ3n) is 12.4. The zero-order valence-corrected chi connectivity index (χ0v) is 30.1. The molecule has 2 heterocycles. The highest BCUT2D eigenvalue weighted by Gasteiger charge is 2.52. The van der Waals surface area contributed by atoms with Crippen molar-refractivity contribution in [1.29, 1.82) is 0 Å². The Hall–Kier alpha value is -7.16. The zero-order valence-electron chi connectivity index (χ0n) is 30.1. The fourth-order valence-electron chi connectivity index (χ4n) is 10.2. The molecular formula is C53H34N2. The zero-order chi connectivity index (χ0) is 36.4. The van der Waals surface area contributed by atoms with Gasteiger partial charge in [0, 0.05) is 32.9 Å². The van der Waals surface area contributed by atoms with Crippen LogP contribution in [0.15, 0.2) is 183 Å². The SMILES string of the molecule is C=Cc1ccc2c(c1)C1(c3cc(C=C)ccc3-2)c2cc(-n3c4ccccc4c4ccccc43)ccc2-c2ccc(-n3c4ccccc4c4ccccc43)cc21. The highest BCUT2D eigenvalue weighted by Crippen LogP contribution is 2.63. The van der Waals surface area contributed by atoms with Crippen molar-refractivity contribution in [3.8, 4) is 33.6 Å². The Balaban J connectivity index is 1.22. The molecule has 256 valence electrons. The summed E-state index contributed by atoms with van der Waals surface area (Å²) in [6.45, 7) is 8.46. The molecule has 0 saturated heterocycles. The van der Waals surface area contributed by atoms with Gasteiger partial charge in [-0.15, -0.1) is 0 Å². The number of para-hydroxylation sites is 4. The van der Waals surface area contributed by atoms with Crippen molar-refractivity contribution in [2.45, 2.75) is 5.41 Å². The van der Waals surface area contributed by atoms with Gasteiger partial charge in [-0.25, -0.2) is 0 Å². The molecule has 2 aliphatic rings. The maximum absolute atomic E-state index is 4.23. The molecule has 0 aliphatic heterocycles. The normalized spacial score (nSPS) is 13.4. The van der Waals surface area contributed by atoms with Crippen molar-refractivity contribution in [3.05, 3.63) is 216 Å². The lowest BCUT2D eigenvalue weighted by Gasteiger charge is -2.31. The first-order valence-corrected chi connectivity index (χ1v) is 19.0. The molecule has 2 aromatic heterocycles. The number of benzene rings is 8. The van der Waals surface area contributed by atoms with E-state index in [2.05, 4.69) is 192 Å². The smallest absolute Gasteiger partial charge is 0.0727 e. The van der Waals surface area contributed by atoms with Crippen LogP contribution in [0.5, 0.6) is 0 Å². The molecule has 0 bridgehead atoms. The minimum Gasteiger partial charge on any atom is -0.309 e. The molecule has 10 aromatic rings. The molecular weight excluding hydrogens is 665 g/mol. The Morgan fingerprint density at radius 3 is 1.00 bits per heavy atom. The van der Waals surface area contributed by atoms with Gasteiger partial charge in [0.25, 0.3) is 0 Å². The average molecular weight is 699 g/mol. The lowest BCUT2D eigenvalue weighted by atomic mass is 9.70. The summed E-state index contributed by atoms with van der Waals surface area (Å²) in [6, 6.07) is 63.2. The number of hydrogen-bond acceptors (Lipinski definition) is 0. The van der Waals surface area contributed by atoms with Crippen LogP contribution in [0.1, 0.15) is 33.4 Å². The summed E-state index contributed by atoms with van der Waals surface area (Å²) < 4.78 is 4.89. The van der Waals surface area contributed by atoms with Crippen LogP contribution in [0.3, 0.4) is 0 Å². The third-order valence-corrected chi connectivity index (χ3v) is 12.4. The standard InChI is InChI=1S/C53H34N2/c1-3-33-21-25-37-38-26-22-34(4-2)30-46(38)53(45(37)29-33)47-31-35(54-49-17-9-5-13-41(49)42-14-6-10-18-50(42)54)23-27-39(47)40-28-24-36(32-48(40)53)55-51-19-11-7-15-43(51)44-16-8-12-20-52(44)55/h3-32H,1-2H2. The molecule has 0 N–H and O–H groups in total. The van der Waals surface area contributed by atoms with Crippen LogP contribution < -0.4 is 0 Å². The van der Waals surface area contributed by atoms with E-state index in [0.29, 0.717) is 0 Å². The van der Waals surface area contributed by atoms with Crippen LogP contribution in [0, 0.1) is 0 Å². The Kier molecular flexibility index (Phi) is 6.03. The number of rotatable bonds is 4. The van der Waals surface area contributed by atoms with Crippen molar-refractivity contribution in [2.75, 3.05) is 0 Å². The summed E-state index contributed by atoms with van der Waals surface area (Å²) >= 11 is 0. The van der Waals surface area contributed by atoms with Gasteiger partial charge in [0.2, 0.25) is 0 Å². The molecule has 1 spiro atoms. The first kappa shape index (κ1) is 30.3. The molecule has 0 amide bonds. The molecule has 2 aliphatic carbocycles. The Labute approximate surface area is 319 Å². The van der Waals surface area contributed by atoms with Crippen LogP contribution in [-0.4, -0.2) is 9.13 Å². The maximum atomic E-state index is 4.23. The van der Waals surface area contributed by atoms with E-state index in [1.807, 2.05) is 12.2 Å². The highest BCUT2D eigenvalue weighted by molar-refractivity contribution is 6.10. The van der Waals surface area contributed by atoms with E-state index in [1.165, 1.54) is 88.1 Å². The van der Waals surface area contributed by atoms with Crippen molar-refractivity contribution in [3.63, 3.8) is 0 Å². The Morgan fingerprint density at radius 1 is 0.345 bits per heavy atom. The molecule has 0 radical (unpaired) electrons. The first-order valence-electron chi connectivity index (χ1n) is 19.0. The van der Waals surface area contributed by atoms with Crippen LogP contribution in [0.25, 0.3) is 89.4 Å². The molecule has 0 atom stereocenters. The van der Waals surface area contributed by atoms with Gasteiger partial charge in [0.1, 0.15) is 0 Å². The highest BCUT2D eigenvalue weighted by atomic mass is 15.0. The molecule has 8 aromatic carbocycles. The second-order valence-corrected chi connectivity index (χ2v) is 15.0. The van der Waals surface area contributed by atoms with Crippen LogP contribution in [0.4, 0.5) is 0 Å². The average Bonchev–Trinajstić information content (AvgIpc) is 3.94. The maximum Gasteiger partial charge on any atom is 0.0727 e. The van der Waals surface area contributed by atoms with E-state index >= 15 is 0 Å². The Morgan fingerprint density at radius 2 is 0.655 bits per heavy atom.